The van der Waals surface area contributed by atoms with Gasteiger partial charge in [0.15, 0.2) is 0 Å². The van der Waals surface area contributed by atoms with Gasteiger partial charge in [-0.15, -0.1) is 0 Å². The normalized spacial score (nSPS) is 11.4. The minimum atomic E-state index is -3.46. The van der Waals surface area contributed by atoms with E-state index in [1.807, 2.05) is 7.05 Å². The zero-order chi connectivity index (χ0) is 12.6. The number of nitrogens with one attached hydrogen (secondary N) is 1. The van der Waals surface area contributed by atoms with Crippen molar-refractivity contribution < 1.29 is 17.9 Å². The summed E-state index contributed by atoms with van der Waals surface area (Å²) in [7, 11) is -0.386. The highest BCUT2D eigenvalue weighted by Gasteiger charge is 2.19. The number of nitrogens with zero attached hydrogens (tertiary/aromatic N) is 1. The predicted octanol–water partition coefficient (Wildman–Crippen LogP) is -0.579. The topological polar surface area (TPSA) is 75.7 Å². The highest BCUT2D eigenvalue weighted by Crippen LogP contribution is 2.00. The molecule has 0 aromatic carbocycles. The van der Waals surface area contributed by atoms with Crippen LogP contribution in [0.1, 0.15) is 13.3 Å². The zero-order valence-corrected chi connectivity index (χ0v) is 10.8. The lowest BCUT2D eigenvalue weighted by Crippen LogP contribution is -2.33. The van der Waals surface area contributed by atoms with Crippen molar-refractivity contribution in [2.75, 3.05) is 39.6 Å². The van der Waals surface area contributed by atoms with Crippen LogP contribution in [0.3, 0.4) is 0 Å². The number of hydrogen-bond acceptors (Lipinski definition) is 5. The summed E-state index contributed by atoms with van der Waals surface area (Å²) in [6.45, 7) is 2.90. The van der Waals surface area contributed by atoms with E-state index >= 15 is 0 Å². The van der Waals surface area contributed by atoms with Crippen LogP contribution in [0.4, 0.5) is 0 Å². The van der Waals surface area contributed by atoms with Gasteiger partial charge < -0.3 is 10.1 Å². The summed E-state index contributed by atoms with van der Waals surface area (Å²) in [6.07, 6.45) is 0.393. The highest BCUT2D eigenvalue weighted by molar-refractivity contribution is 7.89. The van der Waals surface area contributed by atoms with Crippen molar-refractivity contribution in [1.29, 1.82) is 0 Å². The second-order valence-electron chi connectivity index (χ2n) is 3.37. The quantitative estimate of drug-likeness (QED) is 0.585. The molecular formula is C9H20N2O4S. The maximum Gasteiger partial charge on any atom is 0.237 e. The predicted molar refractivity (Wildman–Crippen MR) is 61.6 cm³/mol. The number of carbonyl (C=O) groups is 1. The Morgan fingerprint density at radius 1 is 1.38 bits per heavy atom. The van der Waals surface area contributed by atoms with E-state index in [4.69, 9.17) is 4.74 Å². The van der Waals surface area contributed by atoms with Crippen LogP contribution in [-0.4, -0.2) is 58.2 Å². The summed E-state index contributed by atoms with van der Waals surface area (Å²) in [5.74, 6) is -0.543. The molecule has 0 aliphatic carbocycles. The van der Waals surface area contributed by atoms with E-state index in [2.05, 4.69) is 5.32 Å². The Morgan fingerprint density at radius 3 is 2.50 bits per heavy atom. The summed E-state index contributed by atoms with van der Waals surface area (Å²) >= 11 is 0. The fourth-order valence-electron chi connectivity index (χ4n) is 0.952. The van der Waals surface area contributed by atoms with Crippen LogP contribution in [0.25, 0.3) is 0 Å². The Kier molecular flexibility index (Phi) is 7.27. The van der Waals surface area contributed by atoms with Gasteiger partial charge in [0.05, 0.1) is 12.4 Å². The van der Waals surface area contributed by atoms with E-state index in [1.54, 1.807) is 0 Å². The number of hydrogen-bond donors (Lipinski definition) is 1. The molecule has 0 spiro atoms. The van der Waals surface area contributed by atoms with Crippen LogP contribution in [0.2, 0.25) is 0 Å². The van der Waals surface area contributed by atoms with Gasteiger partial charge in [0.25, 0.3) is 0 Å². The van der Waals surface area contributed by atoms with Crippen LogP contribution in [0, 0.1) is 0 Å². The summed E-state index contributed by atoms with van der Waals surface area (Å²) in [5.41, 5.74) is 0. The Labute approximate surface area is 97.0 Å². The molecule has 0 aromatic heterocycles. The fourth-order valence-corrected chi connectivity index (χ4v) is 2.10. The summed E-state index contributed by atoms with van der Waals surface area (Å²) in [6, 6.07) is 0. The molecule has 1 amide bonds. The summed E-state index contributed by atoms with van der Waals surface area (Å²) in [5, 5.41) is 2.91. The van der Waals surface area contributed by atoms with E-state index in [-0.39, 0.29) is 5.75 Å². The third-order valence-electron chi connectivity index (χ3n) is 2.05. The molecule has 0 bridgehead atoms. The smallest absolute Gasteiger partial charge is 0.237 e. The molecule has 1 N–H and O–H groups in total. The van der Waals surface area contributed by atoms with Gasteiger partial charge in [-0.2, -0.15) is 0 Å². The van der Waals surface area contributed by atoms with Gasteiger partial charge in [0.2, 0.25) is 15.9 Å². The van der Waals surface area contributed by atoms with E-state index in [0.717, 1.165) is 10.8 Å². The minimum Gasteiger partial charge on any atom is -0.380 e. The van der Waals surface area contributed by atoms with Crippen LogP contribution in [0.15, 0.2) is 0 Å². The molecule has 96 valence electrons. The van der Waals surface area contributed by atoms with E-state index in [9.17, 15) is 13.2 Å². The molecular weight excluding hydrogens is 232 g/mol. The van der Waals surface area contributed by atoms with Crippen molar-refractivity contribution >= 4 is 15.9 Å². The first-order valence-electron chi connectivity index (χ1n) is 5.11. The average molecular weight is 252 g/mol. The third-order valence-corrected chi connectivity index (χ3v) is 3.94. The molecule has 7 heteroatoms. The molecule has 0 saturated carbocycles. The number of ether oxygens (including phenoxy) is 1. The molecule has 0 aliphatic heterocycles. The lowest BCUT2D eigenvalue weighted by molar-refractivity contribution is -0.123. The maximum atomic E-state index is 11.5. The van der Waals surface area contributed by atoms with Crippen LogP contribution >= 0.6 is 0 Å². The third kappa shape index (κ3) is 6.04. The van der Waals surface area contributed by atoms with Crippen molar-refractivity contribution in [2.45, 2.75) is 13.3 Å². The first-order valence-corrected chi connectivity index (χ1v) is 6.72. The van der Waals surface area contributed by atoms with Crippen LogP contribution in [-0.2, 0) is 19.6 Å². The van der Waals surface area contributed by atoms with Gasteiger partial charge in [-0.25, -0.2) is 12.7 Å². The Balaban J connectivity index is 3.79. The average Bonchev–Trinajstić information content (AvgIpc) is 2.22. The van der Waals surface area contributed by atoms with Crippen LogP contribution in [0.5, 0.6) is 0 Å². The zero-order valence-electron chi connectivity index (χ0n) is 10.0. The molecule has 0 heterocycles. The Hall–Kier alpha value is -0.660. The second kappa shape index (κ2) is 7.59. The number of sulfonamides is 1. The lowest BCUT2D eigenvalue weighted by Gasteiger charge is -2.15. The molecule has 0 aliphatic rings. The van der Waals surface area contributed by atoms with Gasteiger partial charge in [-0.3, -0.25) is 4.79 Å². The van der Waals surface area contributed by atoms with E-state index in [1.165, 1.54) is 14.0 Å². The maximum absolute atomic E-state index is 11.5. The molecule has 0 radical (unpaired) electrons. The first-order chi connectivity index (χ1) is 7.41. The molecule has 0 unspecified atom stereocenters. The Morgan fingerprint density at radius 2 is 2.00 bits per heavy atom. The molecule has 0 rings (SSSR count). The van der Waals surface area contributed by atoms with Crippen LogP contribution < -0.4 is 5.32 Å². The van der Waals surface area contributed by atoms with Gasteiger partial charge in [-0.1, -0.05) is 0 Å². The Bertz CT molecular complexity index is 303. The molecule has 6 nitrogen and oxygen atoms in total. The number of rotatable bonds is 8. The number of likely N-dealkylation sites (N-methyl/N-ethyl adjacent to an activating group) is 1. The minimum absolute atomic E-state index is 0.0668. The molecule has 0 fully saturated rings. The molecule has 0 atom stereocenters. The van der Waals surface area contributed by atoms with Crippen molar-refractivity contribution in [3.8, 4) is 0 Å². The van der Waals surface area contributed by atoms with Gasteiger partial charge in [0, 0.05) is 27.1 Å². The van der Waals surface area contributed by atoms with Crippen molar-refractivity contribution in [2.24, 2.45) is 0 Å². The second-order valence-corrected chi connectivity index (χ2v) is 5.49. The summed E-state index contributed by atoms with van der Waals surface area (Å²) < 4.78 is 28.9. The standard InChI is InChI=1S/C9H20N2O4S/c1-9(12)11(3)16(13,14)8-4-6-15-7-5-10-2/h10H,4-8H2,1-3H3. The van der Waals surface area contributed by atoms with Gasteiger partial charge in [-0.05, 0) is 13.5 Å². The SMILES string of the molecule is CNCCOCCCS(=O)(=O)N(C)C(C)=O. The van der Waals surface area contributed by atoms with Crippen molar-refractivity contribution in [1.82, 2.24) is 9.62 Å². The largest absolute Gasteiger partial charge is 0.380 e. The first kappa shape index (κ1) is 15.3. The fraction of sp³-hybridized carbons (Fsp3) is 0.889. The number of carbonyl (C=O) groups excluding carboxylic acids is 1. The number of amides is 1. The van der Waals surface area contributed by atoms with Gasteiger partial charge >= 0.3 is 0 Å². The lowest BCUT2D eigenvalue weighted by atomic mass is 10.5. The monoisotopic (exact) mass is 252 g/mol. The van der Waals surface area contributed by atoms with Crippen molar-refractivity contribution in [3.63, 3.8) is 0 Å². The molecule has 0 saturated heterocycles. The molecule has 0 aromatic rings. The highest BCUT2D eigenvalue weighted by atomic mass is 32.2. The molecule has 16 heavy (non-hydrogen) atoms. The summed E-state index contributed by atoms with van der Waals surface area (Å²) in [4.78, 5) is 10.9. The van der Waals surface area contributed by atoms with E-state index < -0.39 is 15.9 Å². The van der Waals surface area contributed by atoms with Gasteiger partial charge in [0.1, 0.15) is 0 Å². The van der Waals surface area contributed by atoms with Crippen molar-refractivity contribution in [3.05, 3.63) is 0 Å². The van der Waals surface area contributed by atoms with E-state index in [0.29, 0.717) is 19.6 Å².